The molecule has 0 aromatic heterocycles. The van der Waals surface area contributed by atoms with E-state index in [1.807, 2.05) is 48.5 Å². The molecule has 0 aliphatic rings. The van der Waals surface area contributed by atoms with Crippen LogP contribution in [-0.2, 0) is 4.74 Å². The third kappa shape index (κ3) is 2.36. The molecule has 3 aromatic rings. The fourth-order valence-electron chi connectivity index (χ4n) is 2.63. The molecule has 0 amide bonds. The van der Waals surface area contributed by atoms with Crippen LogP contribution in [0.2, 0.25) is 0 Å². The second-order valence-corrected chi connectivity index (χ2v) is 4.79. The lowest BCUT2D eigenvalue weighted by Crippen LogP contribution is -2.05. The van der Waals surface area contributed by atoms with Gasteiger partial charge in [-0.1, -0.05) is 48.5 Å². The van der Waals surface area contributed by atoms with Crippen molar-refractivity contribution in [1.82, 2.24) is 0 Å². The molecule has 0 N–H and O–H groups in total. The van der Waals surface area contributed by atoms with Gasteiger partial charge in [0.15, 0.2) is 6.29 Å². The van der Waals surface area contributed by atoms with Crippen molar-refractivity contribution in [2.75, 3.05) is 20.3 Å². The van der Waals surface area contributed by atoms with E-state index >= 15 is 0 Å². The minimum Gasteiger partial charge on any atom is -0.490 e. The van der Waals surface area contributed by atoms with Crippen molar-refractivity contribution in [2.45, 2.75) is 0 Å². The molecule has 0 aliphatic heterocycles. The lowest BCUT2D eigenvalue weighted by molar-refractivity contribution is 0.112. The molecule has 3 nitrogen and oxygen atoms in total. The monoisotopic (exact) mass is 280 g/mol. The molecular weight excluding hydrogens is 264 g/mol. The second kappa shape index (κ2) is 5.94. The highest BCUT2D eigenvalue weighted by atomic mass is 16.5. The number of methoxy groups -OCH3 is 1. The van der Waals surface area contributed by atoms with Crippen LogP contribution in [0.15, 0.2) is 48.5 Å². The third-order valence-corrected chi connectivity index (χ3v) is 3.58. The van der Waals surface area contributed by atoms with Crippen LogP contribution in [0.1, 0.15) is 10.4 Å². The molecular formula is C18H16O3. The first-order valence-corrected chi connectivity index (χ1v) is 6.87. The van der Waals surface area contributed by atoms with Crippen LogP contribution in [0.3, 0.4) is 0 Å². The average molecular weight is 280 g/mol. The predicted molar refractivity (Wildman–Crippen MR) is 84.2 cm³/mol. The van der Waals surface area contributed by atoms with Crippen LogP contribution in [0.4, 0.5) is 0 Å². The summed E-state index contributed by atoms with van der Waals surface area (Å²) in [5.74, 6) is 0.809. The number of carbonyl (C=O) groups is 1. The Hall–Kier alpha value is -2.39. The van der Waals surface area contributed by atoms with Gasteiger partial charge in [0.2, 0.25) is 0 Å². The van der Waals surface area contributed by atoms with E-state index in [0.29, 0.717) is 18.8 Å². The van der Waals surface area contributed by atoms with Crippen molar-refractivity contribution in [3.63, 3.8) is 0 Å². The summed E-state index contributed by atoms with van der Waals surface area (Å²) in [5.41, 5.74) is 0.709. The van der Waals surface area contributed by atoms with E-state index in [9.17, 15) is 4.79 Å². The van der Waals surface area contributed by atoms with Crippen LogP contribution in [0, 0.1) is 0 Å². The Morgan fingerprint density at radius 2 is 1.38 bits per heavy atom. The molecule has 21 heavy (non-hydrogen) atoms. The molecule has 3 aromatic carbocycles. The highest BCUT2D eigenvalue weighted by Crippen LogP contribution is 2.37. The molecule has 0 spiro atoms. The summed E-state index contributed by atoms with van der Waals surface area (Å²) in [6.07, 6.45) is 0.920. The Labute approximate surface area is 123 Å². The zero-order valence-electron chi connectivity index (χ0n) is 11.8. The largest absolute Gasteiger partial charge is 0.490 e. The van der Waals surface area contributed by atoms with Crippen molar-refractivity contribution in [2.24, 2.45) is 0 Å². The van der Waals surface area contributed by atoms with Crippen LogP contribution >= 0.6 is 0 Å². The molecule has 0 heterocycles. The van der Waals surface area contributed by atoms with Crippen molar-refractivity contribution in [3.05, 3.63) is 54.1 Å². The minimum absolute atomic E-state index is 0.477. The van der Waals surface area contributed by atoms with Crippen molar-refractivity contribution < 1.29 is 14.3 Å². The SMILES string of the molecule is COCCOc1c2ccccc2c(C=O)c2ccccc12. The Bertz CT molecular complexity index is 736. The Balaban J connectivity index is 2.33. The Kier molecular flexibility index (Phi) is 3.84. The molecule has 3 heteroatoms. The quantitative estimate of drug-likeness (QED) is 0.405. The zero-order chi connectivity index (χ0) is 14.7. The highest BCUT2D eigenvalue weighted by Gasteiger charge is 2.13. The molecule has 0 atom stereocenters. The molecule has 0 aliphatic carbocycles. The van der Waals surface area contributed by atoms with Gasteiger partial charge in [0.05, 0.1) is 6.61 Å². The summed E-state index contributed by atoms with van der Waals surface area (Å²) < 4.78 is 11.0. The van der Waals surface area contributed by atoms with Crippen molar-refractivity contribution in [3.8, 4) is 5.75 Å². The molecule has 0 unspecified atom stereocenters. The molecule has 3 rings (SSSR count). The number of hydrogen-bond donors (Lipinski definition) is 0. The van der Waals surface area contributed by atoms with Crippen LogP contribution in [0.25, 0.3) is 21.5 Å². The molecule has 0 bridgehead atoms. The normalized spacial score (nSPS) is 10.9. The van der Waals surface area contributed by atoms with Crippen molar-refractivity contribution >= 4 is 27.8 Å². The maximum Gasteiger partial charge on any atom is 0.151 e. The molecule has 0 saturated heterocycles. The van der Waals surface area contributed by atoms with Gasteiger partial charge < -0.3 is 9.47 Å². The van der Waals surface area contributed by atoms with E-state index in [4.69, 9.17) is 9.47 Å². The first kappa shape index (κ1) is 13.6. The van der Waals surface area contributed by atoms with Crippen LogP contribution in [0.5, 0.6) is 5.75 Å². The van der Waals surface area contributed by atoms with Crippen LogP contribution < -0.4 is 4.74 Å². The van der Waals surface area contributed by atoms with Gasteiger partial charge in [-0.15, -0.1) is 0 Å². The van der Waals surface area contributed by atoms with Gasteiger partial charge in [-0.05, 0) is 10.8 Å². The summed E-state index contributed by atoms with van der Waals surface area (Å²) in [7, 11) is 1.65. The standard InChI is InChI=1S/C18H16O3/c1-20-10-11-21-18-15-8-4-2-6-13(15)17(12-19)14-7-3-5-9-16(14)18/h2-9,12H,10-11H2,1H3. The third-order valence-electron chi connectivity index (χ3n) is 3.58. The summed E-state index contributed by atoms with van der Waals surface area (Å²) in [6, 6.07) is 15.6. The van der Waals surface area contributed by atoms with E-state index < -0.39 is 0 Å². The van der Waals surface area contributed by atoms with Gasteiger partial charge in [0.1, 0.15) is 12.4 Å². The number of ether oxygens (including phenoxy) is 2. The molecule has 106 valence electrons. The molecule has 0 fully saturated rings. The van der Waals surface area contributed by atoms with E-state index in [-0.39, 0.29) is 0 Å². The van der Waals surface area contributed by atoms with Crippen LogP contribution in [-0.4, -0.2) is 26.6 Å². The molecule has 0 saturated carbocycles. The first-order chi connectivity index (χ1) is 10.4. The average Bonchev–Trinajstić information content (AvgIpc) is 2.54. The van der Waals surface area contributed by atoms with Gasteiger partial charge in [-0.25, -0.2) is 0 Å². The number of hydrogen-bond acceptors (Lipinski definition) is 3. The smallest absolute Gasteiger partial charge is 0.151 e. The summed E-state index contributed by atoms with van der Waals surface area (Å²) >= 11 is 0. The van der Waals surface area contributed by atoms with Gasteiger partial charge >= 0.3 is 0 Å². The number of fused-ring (bicyclic) bond motifs is 2. The highest BCUT2D eigenvalue weighted by molar-refractivity contribution is 6.16. The minimum atomic E-state index is 0.477. The van der Waals surface area contributed by atoms with Gasteiger partial charge in [-0.2, -0.15) is 0 Å². The predicted octanol–water partition coefficient (Wildman–Crippen LogP) is 3.83. The fraction of sp³-hybridized carbons (Fsp3) is 0.167. The number of rotatable bonds is 5. The van der Waals surface area contributed by atoms with E-state index in [0.717, 1.165) is 33.6 Å². The Morgan fingerprint density at radius 3 is 1.86 bits per heavy atom. The van der Waals surface area contributed by atoms with E-state index in [2.05, 4.69) is 0 Å². The maximum absolute atomic E-state index is 11.5. The fourth-order valence-corrected chi connectivity index (χ4v) is 2.63. The number of aldehydes is 1. The lowest BCUT2D eigenvalue weighted by Gasteiger charge is -2.14. The second-order valence-electron chi connectivity index (χ2n) is 4.79. The van der Waals surface area contributed by atoms with E-state index in [1.54, 1.807) is 7.11 Å². The lowest BCUT2D eigenvalue weighted by atomic mass is 9.96. The molecule has 0 radical (unpaired) electrons. The number of carbonyl (C=O) groups excluding carboxylic acids is 1. The van der Waals surface area contributed by atoms with Gasteiger partial charge in [-0.3, -0.25) is 4.79 Å². The maximum atomic E-state index is 11.5. The summed E-state index contributed by atoms with van der Waals surface area (Å²) in [6.45, 7) is 1.00. The Morgan fingerprint density at radius 1 is 0.857 bits per heavy atom. The summed E-state index contributed by atoms with van der Waals surface area (Å²) in [4.78, 5) is 11.5. The van der Waals surface area contributed by atoms with Gasteiger partial charge in [0.25, 0.3) is 0 Å². The first-order valence-electron chi connectivity index (χ1n) is 6.87. The topological polar surface area (TPSA) is 35.5 Å². The van der Waals surface area contributed by atoms with Gasteiger partial charge in [0, 0.05) is 23.4 Å². The van der Waals surface area contributed by atoms with Crippen molar-refractivity contribution in [1.29, 1.82) is 0 Å². The zero-order valence-corrected chi connectivity index (χ0v) is 11.8. The number of benzene rings is 3. The summed E-state index contributed by atoms with van der Waals surface area (Å²) in [5, 5.41) is 3.74. The van der Waals surface area contributed by atoms with E-state index in [1.165, 1.54) is 0 Å².